The Morgan fingerprint density at radius 1 is 1.28 bits per heavy atom. The molecule has 1 aliphatic heterocycles. The number of aliphatic hydroxyl groups is 1. The summed E-state index contributed by atoms with van der Waals surface area (Å²) < 4.78 is 0. The van der Waals surface area contributed by atoms with E-state index in [0.29, 0.717) is 6.04 Å². The Kier molecular flexibility index (Phi) is 4.25. The highest BCUT2D eigenvalue weighted by Crippen LogP contribution is 2.23. The first-order valence-corrected chi connectivity index (χ1v) is 6.85. The molecule has 0 aromatic heterocycles. The van der Waals surface area contributed by atoms with Crippen LogP contribution in [0.1, 0.15) is 31.9 Å². The molecule has 0 saturated carbocycles. The van der Waals surface area contributed by atoms with Gasteiger partial charge in [-0.05, 0) is 38.1 Å². The molecule has 1 N–H and O–H groups in total. The summed E-state index contributed by atoms with van der Waals surface area (Å²) in [5.41, 5.74) is 2.28. The average Bonchev–Trinajstić information content (AvgIpc) is 2.38. The molecule has 0 aliphatic carbocycles. The van der Waals surface area contributed by atoms with Crippen LogP contribution in [0.2, 0.25) is 0 Å². The summed E-state index contributed by atoms with van der Waals surface area (Å²) in [6, 6.07) is 8.92. The Labute approximate surface area is 110 Å². The first kappa shape index (κ1) is 13.4. The van der Waals surface area contributed by atoms with Crippen molar-refractivity contribution in [1.29, 1.82) is 0 Å². The lowest BCUT2D eigenvalue weighted by atomic mass is 10.1. The fraction of sp³-hybridized carbons (Fsp3) is 0.600. The Morgan fingerprint density at radius 3 is 2.50 bits per heavy atom. The van der Waals surface area contributed by atoms with E-state index in [-0.39, 0.29) is 6.10 Å². The summed E-state index contributed by atoms with van der Waals surface area (Å²) in [5.74, 6) is 0. The van der Waals surface area contributed by atoms with Gasteiger partial charge < -0.3 is 14.9 Å². The molecule has 18 heavy (non-hydrogen) atoms. The van der Waals surface area contributed by atoms with Gasteiger partial charge in [-0.15, -0.1) is 0 Å². The minimum Gasteiger partial charge on any atom is -0.388 e. The minimum absolute atomic E-state index is 0.330. The number of likely N-dealkylation sites (N-methyl/N-ethyl adjacent to an activating group) is 1. The van der Waals surface area contributed by atoms with E-state index in [2.05, 4.69) is 48.0 Å². The summed E-state index contributed by atoms with van der Waals surface area (Å²) in [7, 11) is 2.18. The maximum atomic E-state index is 9.80. The second kappa shape index (κ2) is 5.72. The molecule has 0 radical (unpaired) electrons. The van der Waals surface area contributed by atoms with Gasteiger partial charge in [-0.25, -0.2) is 0 Å². The van der Waals surface area contributed by atoms with Crippen LogP contribution in [0, 0.1) is 0 Å². The monoisotopic (exact) mass is 248 g/mol. The van der Waals surface area contributed by atoms with Gasteiger partial charge in [0.05, 0.1) is 6.10 Å². The second-order valence-electron chi connectivity index (χ2n) is 5.32. The largest absolute Gasteiger partial charge is 0.388 e. The normalized spacial score (nSPS) is 23.1. The van der Waals surface area contributed by atoms with E-state index in [1.807, 2.05) is 6.92 Å². The van der Waals surface area contributed by atoms with Crippen LogP contribution in [0.5, 0.6) is 0 Å². The molecule has 0 amide bonds. The van der Waals surface area contributed by atoms with Gasteiger partial charge in [-0.1, -0.05) is 19.1 Å². The second-order valence-corrected chi connectivity index (χ2v) is 5.32. The Balaban J connectivity index is 2.09. The van der Waals surface area contributed by atoms with Crippen molar-refractivity contribution < 1.29 is 5.11 Å². The van der Waals surface area contributed by atoms with Crippen molar-refractivity contribution in [3.63, 3.8) is 0 Å². The van der Waals surface area contributed by atoms with E-state index in [9.17, 15) is 5.11 Å². The van der Waals surface area contributed by atoms with E-state index in [1.54, 1.807) is 0 Å². The molecule has 0 spiro atoms. The zero-order chi connectivity index (χ0) is 13.1. The van der Waals surface area contributed by atoms with Gasteiger partial charge >= 0.3 is 0 Å². The Morgan fingerprint density at radius 2 is 1.94 bits per heavy atom. The molecule has 1 aliphatic rings. The summed E-state index contributed by atoms with van der Waals surface area (Å²) in [6.07, 6.45) is 0.438. The first-order chi connectivity index (χ1) is 8.61. The molecule has 2 atom stereocenters. The lowest BCUT2D eigenvalue weighted by Crippen LogP contribution is -2.50. The molecule has 1 saturated heterocycles. The molecular formula is C15H24N2O. The molecule has 100 valence electrons. The zero-order valence-electron chi connectivity index (χ0n) is 11.6. The maximum Gasteiger partial charge on any atom is 0.0787 e. The van der Waals surface area contributed by atoms with Gasteiger partial charge in [0.25, 0.3) is 0 Å². The molecule has 1 heterocycles. The smallest absolute Gasteiger partial charge is 0.0787 e. The molecule has 3 nitrogen and oxygen atoms in total. The molecule has 1 fully saturated rings. The molecular weight excluding hydrogens is 224 g/mol. The summed E-state index contributed by atoms with van der Waals surface area (Å²) in [4.78, 5) is 4.82. The molecule has 1 aromatic carbocycles. The van der Waals surface area contributed by atoms with Crippen LogP contribution in [0.15, 0.2) is 24.3 Å². The van der Waals surface area contributed by atoms with Crippen LogP contribution in [0.3, 0.4) is 0 Å². The number of piperazine rings is 1. The number of aliphatic hydroxyl groups excluding tert-OH is 1. The van der Waals surface area contributed by atoms with Crippen LogP contribution in [0.25, 0.3) is 0 Å². The standard InChI is InChI=1S/C15H24N2O/c1-4-15(18)13-5-7-14(8-6-13)17-10-9-16(3)11-12(17)2/h5-8,12,15,18H,4,9-11H2,1-3H3/t12?,15-/m1/s1. The minimum atomic E-state index is -0.330. The molecule has 1 aromatic rings. The van der Waals surface area contributed by atoms with Gasteiger partial charge in [0.2, 0.25) is 0 Å². The van der Waals surface area contributed by atoms with Crippen molar-refractivity contribution in [1.82, 2.24) is 4.90 Å². The maximum absolute atomic E-state index is 9.80. The third kappa shape index (κ3) is 2.85. The average molecular weight is 248 g/mol. The van der Waals surface area contributed by atoms with Crippen molar-refractivity contribution >= 4 is 5.69 Å². The predicted octanol–water partition coefficient (Wildman–Crippen LogP) is 2.27. The number of anilines is 1. The SMILES string of the molecule is CC[C@@H](O)c1ccc(N2CCN(C)CC2C)cc1. The number of nitrogens with zero attached hydrogens (tertiary/aromatic N) is 2. The van der Waals surface area contributed by atoms with Gasteiger partial charge in [0, 0.05) is 31.4 Å². The summed E-state index contributed by atoms with van der Waals surface area (Å²) >= 11 is 0. The van der Waals surface area contributed by atoms with E-state index in [0.717, 1.165) is 31.6 Å². The highest BCUT2D eigenvalue weighted by molar-refractivity contribution is 5.49. The third-order valence-electron chi connectivity index (χ3n) is 3.83. The number of rotatable bonds is 3. The van der Waals surface area contributed by atoms with Crippen molar-refractivity contribution in [2.75, 3.05) is 31.6 Å². The molecule has 0 bridgehead atoms. The summed E-state index contributed by atoms with van der Waals surface area (Å²) in [6.45, 7) is 7.57. The first-order valence-electron chi connectivity index (χ1n) is 6.85. The highest BCUT2D eigenvalue weighted by Gasteiger charge is 2.21. The van der Waals surface area contributed by atoms with Crippen molar-refractivity contribution in [2.45, 2.75) is 32.4 Å². The van der Waals surface area contributed by atoms with Crippen LogP contribution in [-0.4, -0.2) is 42.7 Å². The van der Waals surface area contributed by atoms with Gasteiger partial charge in [-0.2, -0.15) is 0 Å². The lowest BCUT2D eigenvalue weighted by molar-refractivity contribution is 0.173. The van der Waals surface area contributed by atoms with E-state index in [1.165, 1.54) is 5.69 Å². The molecule has 1 unspecified atom stereocenters. The van der Waals surface area contributed by atoms with E-state index < -0.39 is 0 Å². The van der Waals surface area contributed by atoms with Crippen LogP contribution >= 0.6 is 0 Å². The van der Waals surface area contributed by atoms with Gasteiger partial charge in [0.1, 0.15) is 0 Å². The molecule has 3 heteroatoms. The topological polar surface area (TPSA) is 26.7 Å². The van der Waals surface area contributed by atoms with Crippen LogP contribution in [-0.2, 0) is 0 Å². The van der Waals surface area contributed by atoms with Gasteiger partial charge in [0.15, 0.2) is 0 Å². The Bertz CT molecular complexity index is 377. The highest BCUT2D eigenvalue weighted by atomic mass is 16.3. The zero-order valence-corrected chi connectivity index (χ0v) is 11.6. The van der Waals surface area contributed by atoms with Crippen LogP contribution < -0.4 is 4.90 Å². The number of hydrogen-bond donors (Lipinski definition) is 1. The van der Waals surface area contributed by atoms with Crippen molar-refractivity contribution in [3.8, 4) is 0 Å². The molecule has 2 rings (SSSR count). The van der Waals surface area contributed by atoms with Crippen LogP contribution in [0.4, 0.5) is 5.69 Å². The van der Waals surface area contributed by atoms with Crippen molar-refractivity contribution in [2.24, 2.45) is 0 Å². The number of benzene rings is 1. The van der Waals surface area contributed by atoms with Gasteiger partial charge in [-0.3, -0.25) is 0 Å². The predicted molar refractivity (Wildman–Crippen MR) is 76.0 cm³/mol. The third-order valence-corrected chi connectivity index (χ3v) is 3.83. The van der Waals surface area contributed by atoms with E-state index >= 15 is 0 Å². The fourth-order valence-corrected chi connectivity index (χ4v) is 2.65. The summed E-state index contributed by atoms with van der Waals surface area (Å²) in [5, 5.41) is 9.80. The quantitative estimate of drug-likeness (QED) is 0.889. The Hall–Kier alpha value is -1.06. The fourth-order valence-electron chi connectivity index (χ4n) is 2.65. The van der Waals surface area contributed by atoms with Crippen molar-refractivity contribution in [3.05, 3.63) is 29.8 Å². The number of hydrogen-bond acceptors (Lipinski definition) is 3. The van der Waals surface area contributed by atoms with E-state index in [4.69, 9.17) is 0 Å². The lowest BCUT2D eigenvalue weighted by Gasteiger charge is -2.39.